The molecule has 3 atom stereocenters. The minimum absolute atomic E-state index is 0.296. The molecule has 0 radical (unpaired) electrons. The first kappa shape index (κ1) is 18.6. The van der Waals surface area contributed by atoms with Crippen LogP contribution in [0.25, 0.3) is 0 Å². The summed E-state index contributed by atoms with van der Waals surface area (Å²) in [7, 11) is 1.10. The highest BCUT2D eigenvalue weighted by Gasteiger charge is 2.55. The number of fused-ring (bicyclic) bond motifs is 1. The quantitative estimate of drug-likeness (QED) is 0.706. The van der Waals surface area contributed by atoms with Crippen molar-refractivity contribution in [1.29, 1.82) is 0 Å². The summed E-state index contributed by atoms with van der Waals surface area (Å²) >= 11 is 3.29. The van der Waals surface area contributed by atoms with E-state index < -0.39 is 35.7 Å². The van der Waals surface area contributed by atoms with E-state index in [9.17, 15) is 23.1 Å². The third-order valence-electron chi connectivity index (χ3n) is 4.26. The van der Waals surface area contributed by atoms with Gasteiger partial charge in [-0.3, -0.25) is 9.36 Å². The Morgan fingerprint density at radius 2 is 1.96 bits per heavy atom. The Morgan fingerprint density at radius 1 is 1.35 bits per heavy atom. The number of carbonyl (C=O) groups is 1. The number of aliphatic hydroxyl groups is 1. The summed E-state index contributed by atoms with van der Waals surface area (Å²) in [6, 6.07) is 5.89. The van der Waals surface area contributed by atoms with E-state index in [1.54, 1.807) is 24.3 Å². The lowest BCUT2D eigenvalue weighted by molar-refractivity contribution is -0.179. The predicted octanol–water partition coefficient (Wildman–Crippen LogP) is 2.68. The van der Waals surface area contributed by atoms with E-state index in [2.05, 4.69) is 31.4 Å². The van der Waals surface area contributed by atoms with Gasteiger partial charge in [-0.05, 0) is 24.6 Å². The summed E-state index contributed by atoms with van der Waals surface area (Å²) < 4.78 is 45.7. The molecule has 0 aliphatic carbocycles. The highest BCUT2D eigenvalue weighted by atomic mass is 79.9. The zero-order chi connectivity index (χ0) is 19.3. The Bertz CT molecular complexity index is 836. The number of hydrogen-bond acceptors (Lipinski definition) is 6. The van der Waals surface area contributed by atoms with Gasteiger partial charge < -0.3 is 15.2 Å². The van der Waals surface area contributed by atoms with Gasteiger partial charge in [0.15, 0.2) is 5.72 Å². The lowest BCUT2D eigenvalue weighted by Crippen LogP contribution is -2.52. The van der Waals surface area contributed by atoms with Crippen molar-refractivity contribution in [3.05, 3.63) is 40.1 Å². The summed E-state index contributed by atoms with van der Waals surface area (Å²) in [5.74, 6) is -3.95. The number of hydrogen-bond donors (Lipinski definition) is 2. The fourth-order valence-corrected chi connectivity index (χ4v) is 3.36. The highest BCUT2D eigenvalue weighted by Crippen LogP contribution is 2.45. The van der Waals surface area contributed by atoms with Crippen molar-refractivity contribution < 1.29 is 27.8 Å². The number of benzene rings is 1. The maximum Gasteiger partial charge on any atom is 0.451 e. The molecule has 0 saturated carbocycles. The van der Waals surface area contributed by atoms with Crippen LogP contribution in [0.15, 0.2) is 28.7 Å². The monoisotopic (exact) mass is 434 g/mol. The summed E-state index contributed by atoms with van der Waals surface area (Å²) in [6.45, 7) is 1.10. The molecule has 0 spiro atoms. The summed E-state index contributed by atoms with van der Waals surface area (Å²) in [5.41, 5.74) is -1.72. The van der Waals surface area contributed by atoms with Crippen molar-refractivity contribution in [2.24, 2.45) is 5.92 Å². The van der Waals surface area contributed by atoms with Crippen LogP contribution < -0.4 is 5.32 Å². The van der Waals surface area contributed by atoms with Crippen molar-refractivity contribution in [3.8, 4) is 0 Å². The second kappa shape index (κ2) is 6.23. The van der Waals surface area contributed by atoms with Crippen molar-refractivity contribution in [2.75, 3.05) is 12.4 Å². The van der Waals surface area contributed by atoms with Gasteiger partial charge in [-0.2, -0.15) is 13.2 Å². The summed E-state index contributed by atoms with van der Waals surface area (Å²) in [6.07, 6.45) is -4.86. The SMILES string of the molecule is COC(=O)[C@@H]1[C@H](c2ccc(Br)cc2)Nc2nnc(C(F)(F)F)n2[C@@]1(C)O. The smallest absolute Gasteiger partial charge is 0.451 e. The van der Waals surface area contributed by atoms with Crippen LogP contribution in [0.5, 0.6) is 0 Å². The number of anilines is 1. The van der Waals surface area contributed by atoms with E-state index in [4.69, 9.17) is 4.74 Å². The molecule has 0 bridgehead atoms. The number of aromatic nitrogens is 3. The lowest BCUT2D eigenvalue weighted by atomic mass is 9.83. The molecular formula is C15H14BrF3N4O3. The minimum atomic E-state index is -4.86. The molecule has 2 N–H and O–H groups in total. The Hall–Kier alpha value is -2.14. The first-order valence-corrected chi connectivity index (χ1v) is 8.22. The lowest BCUT2D eigenvalue weighted by Gasteiger charge is -2.42. The van der Waals surface area contributed by atoms with Gasteiger partial charge in [-0.15, -0.1) is 10.2 Å². The Balaban J connectivity index is 2.18. The van der Waals surface area contributed by atoms with Gasteiger partial charge in [-0.25, -0.2) is 0 Å². The van der Waals surface area contributed by atoms with E-state index in [1.165, 1.54) is 0 Å². The van der Waals surface area contributed by atoms with E-state index in [0.717, 1.165) is 18.5 Å². The molecule has 2 aromatic rings. The summed E-state index contributed by atoms with van der Waals surface area (Å²) in [5, 5.41) is 20.3. The Labute approximate surface area is 154 Å². The van der Waals surface area contributed by atoms with Gasteiger partial charge in [0.05, 0.1) is 13.2 Å². The third kappa shape index (κ3) is 2.94. The standard InChI is InChI=1S/C15H14BrF3N4O3/c1-14(25)9(11(24)26-2)10(7-3-5-8(16)6-4-7)20-13-22-21-12(23(13)14)15(17,18)19/h3-6,9-10,25H,1-2H3,(H,20,22)/t9-,10-,14-/m0/s1. The van der Waals surface area contributed by atoms with Crippen molar-refractivity contribution >= 4 is 27.8 Å². The fraction of sp³-hybridized carbons (Fsp3) is 0.400. The molecule has 0 amide bonds. The zero-order valence-corrected chi connectivity index (χ0v) is 15.2. The van der Waals surface area contributed by atoms with Gasteiger partial charge in [-0.1, -0.05) is 28.1 Å². The molecule has 1 aromatic heterocycles. The molecule has 0 fully saturated rings. The molecule has 140 valence electrons. The Morgan fingerprint density at radius 3 is 2.50 bits per heavy atom. The second-order valence-corrected chi connectivity index (χ2v) is 6.86. The summed E-state index contributed by atoms with van der Waals surface area (Å²) in [4.78, 5) is 12.4. The molecule has 0 unspecified atom stereocenters. The number of methoxy groups -OCH3 is 1. The average Bonchev–Trinajstić information content (AvgIpc) is 2.99. The van der Waals surface area contributed by atoms with Crippen LogP contribution in [0.2, 0.25) is 0 Å². The van der Waals surface area contributed by atoms with Gasteiger partial charge in [0.1, 0.15) is 5.92 Å². The second-order valence-electron chi connectivity index (χ2n) is 5.95. The molecule has 7 nitrogen and oxygen atoms in total. The first-order valence-electron chi connectivity index (χ1n) is 7.42. The fourth-order valence-electron chi connectivity index (χ4n) is 3.10. The van der Waals surface area contributed by atoms with Crippen LogP contribution in [-0.2, 0) is 21.4 Å². The highest BCUT2D eigenvalue weighted by molar-refractivity contribution is 9.10. The van der Waals surface area contributed by atoms with E-state index in [0.29, 0.717) is 10.1 Å². The largest absolute Gasteiger partial charge is 0.469 e. The van der Waals surface area contributed by atoms with Gasteiger partial charge in [0.2, 0.25) is 11.8 Å². The van der Waals surface area contributed by atoms with Crippen LogP contribution in [0.1, 0.15) is 24.4 Å². The van der Waals surface area contributed by atoms with Crippen LogP contribution in [-0.4, -0.2) is 33.0 Å². The van der Waals surface area contributed by atoms with Crippen LogP contribution in [0.3, 0.4) is 0 Å². The van der Waals surface area contributed by atoms with Gasteiger partial charge in [0.25, 0.3) is 0 Å². The van der Waals surface area contributed by atoms with Crippen LogP contribution in [0.4, 0.5) is 19.1 Å². The molecule has 1 aliphatic rings. The molecule has 3 rings (SSSR count). The predicted molar refractivity (Wildman–Crippen MR) is 86.9 cm³/mol. The normalized spacial score (nSPS) is 25.3. The number of halogens is 4. The molecule has 2 heterocycles. The van der Waals surface area contributed by atoms with Crippen molar-refractivity contribution in [2.45, 2.75) is 24.9 Å². The van der Waals surface area contributed by atoms with E-state index in [1.807, 2.05) is 0 Å². The molecular weight excluding hydrogens is 421 g/mol. The molecule has 11 heteroatoms. The molecule has 26 heavy (non-hydrogen) atoms. The van der Waals surface area contributed by atoms with Crippen molar-refractivity contribution in [1.82, 2.24) is 14.8 Å². The third-order valence-corrected chi connectivity index (χ3v) is 4.79. The average molecular weight is 435 g/mol. The van der Waals surface area contributed by atoms with Gasteiger partial charge >= 0.3 is 12.1 Å². The maximum absolute atomic E-state index is 13.2. The topological polar surface area (TPSA) is 89.3 Å². The maximum atomic E-state index is 13.2. The van der Waals surface area contributed by atoms with E-state index >= 15 is 0 Å². The van der Waals surface area contributed by atoms with Crippen LogP contribution in [0, 0.1) is 5.92 Å². The van der Waals surface area contributed by atoms with Crippen molar-refractivity contribution in [3.63, 3.8) is 0 Å². The van der Waals surface area contributed by atoms with Gasteiger partial charge in [0, 0.05) is 4.47 Å². The van der Waals surface area contributed by atoms with Crippen LogP contribution >= 0.6 is 15.9 Å². The number of alkyl halides is 3. The first-order chi connectivity index (χ1) is 12.1. The molecule has 1 aliphatic heterocycles. The number of nitrogens with one attached hydrogen (secondary N) is 1. The molecule has 1 aromatic carbocycles. The number of esters is 1. The number of nitrogens with zero attached hydrogens (tertiary/aromatic N) is 3. The van der Waals surface area contributed by atoms with E-state index in [-0.39, 0.29) is 5.95 Å². The minimum Gasteiger partial charge on any atom is -0.469 e. The number of carbonyl (C=O) groups excluding carboxylic acids is 1. The number of rotatable bonds is 2. The Kier molecular flexibility index (Phi) is 4.47. The zero-order valence-electron chi connectivity index (χ0n) is 13.6. The number of ether oxygens (including phenoxy) is 1. The molecule has 0 saturated heterocycles.